The van der Waals surface area contributed by atoms with Gasteiger partial charge in [-0.2, -0.15) is 0 Å². The quantitative estimate of drug-likeness (QED) is 0.660. The van der Waals surface area contributed by atoms with Gasteiger partial charge in [0.15, 0.2) is 6.29 Å². The molecule has 0 bridgehead atoms. The molecule has 0 spiro atoms. The lowest BCUT2D eigenvalue weighted by Gasteiger charge is -2.27. The summed E-state index contributed by atoms with van der Waals surface area (Å²) in [6.45, 7) is 0.0482. The van der Waals surface area contributed by atoms with Gasteiger partial charge in [-0.25, -0.2) is 9.18 Å². The Morgan fingerprint density at radius 2 is 2.06 bits per heavy atom. The molecule has 3 N–H and O–H groups in total. The highest BCUT2D eigenvalue weighted by Gasteiger charge is 2.26. The molecule has 3 amide bonds. The number of amides is 3. The maximum absolute atomic E-state index is 13.6. The van der Waals surface area contributed by atoms with Crippen molar-refractivity contribution < 1.29 is 24.2 Å². The minimum Gasteiger partial charge on any atom is -0.364 e. The summed E-state index contributed by atoms with van der Waals surface area (Å²) < 4.78 is 13.6. The van der Waals surface area contributed by atoms with E-state index in [1.807, 2.05) is 0 Å². The zero-order valence-corrected chi connectivity index (χ0v) is 9.26. The van der Waals surface area contributed by atoms with Crippen LogP contribution in [0.25, 0.3) is 0 Å². The second kappa shape index (κ2) is 4.71. The monoisotopic (exact) mass is 254 g/mol. The molecule has 2 rings (SSSR count). The number of benzene rings is 1. The number of carbonyl (C=O) groups is 2. The minimum atomic E-state index is -1.75. The van der Waals surface area contributed by atoms with E-state index in [2.05, 4.69) is 5.32 Å². The first kappa shape index (κ1) is 12.5. The lowest BCUT2D eigenvalue weighted by Crippen LogP contribution is -2.49. The van der Waals surface area contributed by atoms with Crippen LogP contribution in [0.2, 0.25) is 0 Å². The van der Waals surface area contributed by atoms with E-state index < -0.39 is 24.0 Å². The van der Waals surface area contributed by atoms with Gasteiger partial charge >= 0.3 is 6.03 Å². The predicted molar refractivity (Wildman–Crippen MR) is 59.1 cm³/mol. The summed E-state index contributed by atoms with van der Waals surface area (Å²) in [5.74, 6) is -1.10. The van der Waals surface area contributed by atoms with Gasteiger partial charge in [0.25, 0.3) is 0 Å². The number of hydrogen-bond donors (Lipinski definition) is 3. The molecular formula is C11H11FN2O4. The van der Waals surface area contributed by atoms with Crippen molar-refractivity contribution in [2.24, 2.45) is 0 Å². The molecule has 1 heterocycles. The molecule has 0 saturated carbocycles. The fourth-order valence-electron chi connectivity index (χ4n) is 1.69. The average molecular weight is 254 g/mol. The number of hydrogen-bond acceptors (Lipinski definition) is 4. The number of nitrogens with zero attached hydrogens (tertiary/aromatic N) is 1. The molecule has 1 aliphatic heterocycles. The average Bonchev–Trinajstić information content (AvgIpc) is 2.30. The van der Waals surface area contributed by atoms with Crippen molar-refractivity contribution in [3.8, 4) is 0 Å². The molecule has 0 unspecified atom stereocenters. The van der Waals surface area contributed by atoms with Gasteiger partial charge in [-0.3, -0.25) is 15.0 Å². The number of aliphatic hydroxyl groups excluding tert-OH is 1. The van der Waals surface area contributed by atoms with Crippen LogP contribution in [0.4, 0.5) is 14.9 Å². The third-order valence-corrected chi connectivity index (χ3v) is 2.61. The first-order chi connectivity index (χ1) is 8.49. The van der Waals surface area contributed by atoms with E-state index in [0.29, 0.717) is 0 Å². The summed E-state index contributed by atoms with van der Waals surface area (Å²) in [6, 6.07) is 2.68. The molecule has 1 aromatic rings. The zero-order valence-electron chi connectivity index (χ0n) is 9.26. The third kappa shape index (κ3) is 2.31. The number of imide groups is 1. The summed E-state index contributed by atoms with van der Waals surface area (Å²) >= 11 is 0. The second-order valence-corrected chi connectivity index (χ2v) is 3.84. The Morgan fingerprint density at radius 3 is 2.67 bits per heavy atom. The lowest BCUT2D eigenvalue weighted by atomic mass is 10.1. The molecule has 1 saturated heterocycles. The Morgan fingerprint density at radius 1 is 1.33 bits per heavy atom. The normalized spacial score (nSPS) is 16.1. The summed E-state index contributed by atoms with van der Waals surface area (Å²) in [5.41, 5.74) is -0.0262. The van der Waals surface area contributed by atoms with Gasteiger partial charge in [-0.15, -0.1) is 0 Å². The van der Waals surface area contributed by atoms with Crippen LogP contribution in [0, 0.1) is 5.82 Å². The van der Waals surface area contributed by atoms with E-state index in [1.54, 1.807) is 0 Å². The maximum atomic E-state index is 13.6. The van der Waals surface area contributed by atoms with Gasteiger partial charge in [0.1, 0.15) is 5.82 Å². The number of nitrogens with one attached hydrogen (secondary N) is 1. The highest BCUT2D eigenvalue weighted by Crippen LogP contribution is 2.25. The molecule has 0 atom stereocenters. The van der Waals surface area contributed by atoms with Crippen molar-refractivity contribution in [2.75, 3.05) is 11.4 Å². The molecule has 96 valence electrons. The Kier molecular flexibility index (Phi) is 3.26. The second-order valence-electron chi connectivity index (χ2n) is 3.84. The van der Waals surface area contributed by atoms with Gasteiger partial charge in [0, 0.05) is 18.5 Å². The summed E-state index contributed by atoms with van der Waals surface area (Å²) in [4.78, 5) is 23.6. The zero-order chi connectivity index (χ0) is 13.3. The molecular weight excluding hydrogens is 243 g/mol. The van der Waals surface area contributed by atoms with E-state index in [9.17, 15) is 14.0 Å². The van der Waals surface area contributed by atoms with Crippen molar-refractivity contribution >= 4 is 17.6 Å². The van der Waals surface area contributed by atoms with Crippen molar-refractivity contribution in [3.05, 3.63) is 29.6 Å². The molecule has 0 aromatic heterocycles. The SMILES string of the molecule is O=C1CCN(c2cc(C(O)O)ccc2F)C(=O)N1. The third-order valence-electron chi connectivity index (χ3n) is 2.61. The van der Waals surface area contributed by atoms with Crippen LogP contribution < -0.4 is 10.2 Å². The van der Waals surface area contributed by atoms with Crippen LogP contribution in [-0.2, 0) is 4.79 Å². The van der Waals surface area contributed by atoms with Crippen molar-refractivity contribution in [3.63, 3.8) is 0 Å². The molecule has 6 nitrogen and oxygen atoms in total. The van der Waals surface area contributed by atoms with Crippen LogP contribution in [0.1, 0.15) is 18.3 Å². The van der Waals surface area contributed by atoms with Gasteiger partial charge < -0.3 is 10.2 Å². The number of rotatable bonds is 2. The number of urea groups is 1. The number of anilines is 1. The molecule has 1 fully saturated rings. The first-order valence-electron chi connectivity index (χ1n) is 5.26. The van der Waals surface area contributed by atoms with Crippen LogP contribution in [-0.4, -0.2) is 28.7 Å². The van der Waals surface area contributed by atoms with Crippen molar-refractivity contribution in [1.82, 2.24) is 5.32 Å². The highest BCUT2D eigenvalue weighted by molar-refractivity contribution is 6.05. The predicted octanol–water partition coefficient (Wildman–Crippen LogP) is 0.255. The summed E-state index contributed by atoms with van der Waals surface area (Å²) in [5, 5.41) is 20.1. The highest BCUT2D eigenvalue weighted by atomic mass is 19.1. The summed E-state index contributed by atoms with van der Waals surface area (Å²) in [6.07, 6.45) is -1.68. The fraction of sp³-hybridized carbons (Fsp3) is 0.273. The fourth-order valence-corrected chi connectivity index (χ4v) is 1.69. The van der Waals surface area contributed by atoms with Gasteiger partial charge in [-0.05, 0) is 12.1 Å². The van der Waals surface area contributed by atoms with Crippen molar-refractivity contribution in [1.29, 1.82) is 0 Å². The Labute approximate surface area is 102 Å². The number of carbonyl (C=O) groups excluding carboxylic acids is 2. The largest absolute Gasteiger partial charge is 0.364 e. The van der Waals surface area contributed by atoms with E-state index in [-0.39, 0.29) is 24.2 Å². The molecule has 1 aromatic carbocycles. The smallest absolute Gasteiger partial charge is 0.328 e. The molecule has 0 aliphatic carbocycles. The topological polar surface area (TPSA) is 89.9 Å². The van der Waals surface area contributed by atoms with Crippen LogP contribution in [0.5, 0.6) is 0 Å². The van der Waals surface area contributed by atoms with Crippen LogP contribution >= 0.6 is 0 Å². The van der Waals surface area contributed by atoms with E-state index in [0.717, 1.165) is 17.0 Å². The van der Waals surface area contributed by atoms with Crippen molar-refractivity contribution in [2.45, 2.75) is 12.7 Å². The molecule has 0 radical (unpaired) electrons. The first-order valence-corrected chi connectivity index (χ1v) is 5.26. The van der Waals surface area contributed by atoms with Crippen LogP contribution in [0.3, 0.4) is 0 Å². The number of aliphatic hydroxyl groups is 2. The molecule has 1 aliphatic rings. The summed E-state index contributed by atoms with van der Waals surface area (Å²) in [7, 11) is 0. The Balaban J connectivity index is 2.35. The Hall–Kier alpha value is -1.99. The molecule has 18 heavy (non-hydrogen) atoms. The minimum absolute atomic E-state index is 0.0482. The van der Waals surface area contributed by atoms with Gasteiger partial charge in [0.2, 0.25) is 5.91 Å². The van der Waals surface area contributed by atoms with Gasteiger partial charge in [0.05, 0.1) is 5.69 Å². The maximum Gasteiger partial charge on any atom is 0.328 e. The lowest BCUT2D eigenvalue weighted by molar-refractivity contribution is -0.120. The Bertz CT molecular complexity index is 504. The van der Waals surface area contributed by atoms with E-state index >= 15 is 0 Å². The number of halogens is 1. The van der Waals surface area contributed by atoms with E-state index in [1.165, 1.54) is 6.07 Å². The van der Waals surface area contributed by atoms with Crippen LogP contribution in [0.15, 0.2) is 18.2 Å². The standard InChI is InChI=1S/C11H11FN2O4/c12-7-2-1-6(10(16)17)5-8(7)14-4-3-9(15)13-11(14)18/h1-2,5,10,16-17H,3-4H2,(H,13,15,18). The molecule has 7 heteroatoms. The van der Waals surface area contributed by atoms with E-state index in [4.69, 9.17) is 10.2 Å². The van der Waals surface area contributed by atoms with Gasteiger partial charge in [-0.1, -0.05) is 6.07 Å².